The van der Waals surface area contributed by atoms with Gasteiger partial charge in [0.25, 0.3) is 0 Å². The van der Waals surface area contributed by atoms with Crippen molar-refractivity contribution in [2.45, 2.75) is 42.2 Å². The van der Waals surface area contributed by atoms with Gasteiger partial charge < -0.3 is 15.3 Å². The van der Waals surface area contributed by atoms with E-state index in [1.54, 1.807) is 4.90 Å². The van der Waals surface area contributed by atoms with Gasteiger partial charge in [-0.2, -0.15) is 5.26 Å². The standard InChI is InChI=1S/C17H21N3O4S/c1-25(23,24)13-4-5-16(21)14(8-13)11-7-15(19-10-11)17(22)20-6-2-3-12(20)9-18/h4-5,8,11-12,15,19,21H,2-3,6-7,10H2,1H3/t11-,12-,15-/m0/s1. The lowest BCUT2D eigenvalue weighted by Crippen LogP contribution is -2.45. The molecule has 2 aliphatic rings. The molecule has 2 aliphatic heterocycles. The van der Waals surface area contributed by atoms with Crippen LogP contribution in [0.3, 0.4) is 0 Å². The van der Waals surface area contributed by atoms with Crippen LogP contribution in [0.4, 0.5) is 0 Å². The minimum Gasteiger partial charge on any atom is -0.508 e. The van der Waals surface area contributed by atoms with Gasteiger partial charge in [0.15, 0.2) is 9.84 Å². The van der Waals surface area contributed by atoms with Gasteiger partial charge in [-0.05, 0) is 43.0 Å². The zero-order valence-electron chi connectivity index (χ0n) is 14.0. The number of nitriles is 1. The number of hydrogen-bond donors (Lipinski definition) is 2. The molecule has 0 radical (unpaired) electrons. The average molecular weight is 363 g/mol. The van der Waals surface area contributed by atoms with Crippen LogP contribution >= 0.6 is 0 Å². The molecule has 8 heteroatoms. The molecule has 0 spiro atoms. The van der Waals surface area contributed by atoms with Gasteiger partial charge in [-0.1, -0.05) is 0 Å². The third kappa shape index (κ3) is 3.48. The van der Waals surface area contributed by atoms with Gasteiger partial charge in [-0.25, -0.2) is 8.42 Å². The zero-order valence-corrected chi connectivity index (χ0v) is 14.8. The molecule has 3 rings (SSSR count). The highest BCUT2D eigenvalue weighted by molar-refractivity contribution is 7.90. The normalized spacial score (nSPS) is 26.6. The van der Waals surface area contributed by atoms with Crippen LogP contribution in [0.15, 0.2) is 23.1 Å². The molecule has 1 aromatic rings. The largest absolute Gasteiger partial charge is 0.508 e. The van der Waals surface area contributed by atoms with Crippen molar-refractivity contribution < 1.29 is 18.3 Å². The molecule has 2 heterocycles. The van der Waals surface area contributed by atoms with E-state index in [0.29, 0.717) is 31.5 Å². The number of aromatic hydroxyl groups is 1. The molecule has 25 heavy (non-hydrogen) atoms. The minimum absolute atomic E-state index is 0.0309. The number of phenols is 1. The molecule has 2 saturated heterocycles. The molecule has 2 N–H and O–H groups in total. The highest BCUT2D eigenvalue weighted by Crippen LogP contribution is 2.34. The van der Waals surface area contributed by atoms with E-state index < -0.39 is 15.9 Å². The van der Waals surface area contributed by atoms with Crippen molar-refractivity contribution in [1.29, 1.82) is 5.26 Å². The monoisotopic (exact) mass is 363 g/mol. The first-order chi connectivity index (χ1) is 11.8. The first-order valence-corrected chi connectivity index (χ1v) is 10.2. The van der Waals surface area contributed by atoms with Gasteiger partial charge in [0.05, 0.1) is 17.0 Å². The fourth-order valence-corrected chi connectivity index (χ4v) is 4.27. The van der Waals surface area contributed by atoms with Crippen molar-refractivity contribution in [2.75, 3.05) is 19.3 Å². The van der Waals surface area contributed by atoms with Crippen LogP contribution in [0, 0.1) is 11.3 Å². The summed E-state index contributed by atoms with van der Waals surface area (Å²) in [6.45, 7) is 1.07. The maximum atomic E-state index is 12.7. The van der Waals surface area contributed by atoms with E-state index in [0.717, 1.165) is 12.7 Å². The highest BCUT2D eigenvalue weighted by atomic mass is 32.2. The molecule has 3 atom stereocenters. The van der Waals surface area contributed by atoms with E-state index in [1.807, 2.05) is 0 Å². The molecule has 0 aromatic heterocycles. The van der Waals surface area contributed by atoms with Gasteiger partial charge in [0.1, 0.15) is 11.8 Å². The Hall–Kier alpha value is -2.11. The van der Waals surface area contributed by atoms with Crippen LogP contribution in [-0.4, -0.2) is 55.8 Å². The summed E-state index contributed by atoms with van der Waals surface area (Å²) in [6, 6.07) is 5.63. The third-order valence-corrected chi connectivity index (χ3v) is 6.09. The van der Waals surface area contributed by atoms with Gasteiger partial charge in [0.2, 0.25) is 5.91 Å². The predicted molar refractivity (Wildman–Crippen MR) is 90.7 cm³/mol. The van der Waals surface area contributed by atoms with Crippen molar-refractivity contribution in [3.8, 4) is 11.8 Å². The van der Waals surface area contributed by atoms with Crippen LogP contribution in [0.25, 0.3) is 0 Å². The Kier molecular flexibility index (Phi) is 4.71. The Morgan fingerprint density at radius 1 is 1.44 bits per heavy atom. The molecule has 2 fully saturated rings. The fraction of sp³-hybridized carbons (Fsp3) is 0.529. The van der Waals surface area contributed by atoms with E-state index in [9.17, 15) is 18.3 Å². The van der Waals surface area contributed by atoms with Crippen molar-refractivity contribution in [1.82, 2.24) is 10.2 Å². The average Bonchev–Trinajstić information content (AvgIpc) is 3.22. The van der Waals surface area contributed by atoms with E-state index in [1.165, 1.54) is 18.2 Å². The second-order valence-corrected chi connectivity index (χ2v) is 8.72. The first-order valence-electron chi connectivity index (χ1n) is 8.27. The summed E-state index contributed by atoms with van der Waals surface area (Å²) in [5, 5.41) is 22.4. The summed E-state index contributed by atoms with van der Waals surface area (Å²) in [5.41, 5.74) is 0.531. The summed E-state index contributed by atoms with van der Waals surface area (Å²) in [7, 11) is -3.37. The number of sulfone groups is 1. The van der Waals surface area contributed by atoms with Crippen LogP contribution in [0.5, 0.6) is 5.75 Å². The highest BCUT2D eigenvalue weighted by Gasteiger charge is 2.38. The summed E-state index contributed by atoms with van der Waals surface area (Å²) < 4.78 is 23.5. The number of carbonyl (C=O) groups is 1. The second kappa shape index (κ2) is 6.65. The number of phenolic OH excluding ortho intramolecular Hbond substituents is 1. The van der Waals surface area contributed by atoms with Crippen molar-refractivity contribution in [3.05, 3.63) is 23.8 Å². The summed E-state index contributed by atoms with van der Waals surface area (Å²) >= 11 is 0. The maximum absolute atomic E-state index is 12.7. The molecule has 0 saturated carbocycles. The molecule has 0 aliphatic carbocycles. The molecule has 0 bridgehead atoms. The van der Waals surface area contributed by atoms with Crippen molar-refractivity contribution in [3.63, 3.8) is 0 Å². The zero-order chi connectivity index (χ0) is 18.2. The van der Waals surface area contributed by atoms with Crippen molar-refractivity contribution in [2.24, 2.45) is 0 Å². The van der Waals surface area contributed by atoms with Gasteiger partial charge in [-0.15, -0.1) is 0 Å². The lowest BCUT2D eigenvalue weighted by atomic mass is 9.95. The quantitative estimate of drug-likeness (QED) is 0.820. The fourth-order valence-electron chi connectivity index (χ4n) is 3.62. The first kappa shape index (κ1) is 17.7. The molecule has 0 unspecified atom stereocenters. The summed E-state index contributed by atoms with van der Waals surface area (Å²) in [4.78, 5) is 14.4. The minimum atomic E-state index is -3.37. The van der Waals surface area contributed by atoms with Crippen LogP contribution in [0.2, 0.25) is 0 Å². The predicted octanol–water partition coefficient (Wildman–Crippen LogP) is 0.756. The van der Waals surface area contributed by atoms with Crippen LogP contribution in [-0.2, 0) is 14.6 Å². The number of hydrogen-bond acceptors (Lipinski definition) is 6. The van der Waals surface area contributed by atoms with Crippen LogP contribution in [0.1, 0.15) is 30.7 Å². The van der Waals surface area contributed by atoms with Crippen LogP contribution < -0.4 is 5.32 Å². The third-order valence-electron chi connectivity index (χ3n) is 4.98. The number of nitrogens with zero attached hydrogens (tertiary/aromatic N) is 2. The molecule has 1 aromatic carbocycles. The number of benzene rings is 1. The smallest absolute Gasteiger partial charge is 0.240 e. The summed E-state index contributed by atoms with van der Waals surface area (Å²) in [6.07, 6.45) is 3.12. The number of likely N-dealkylation sites (tertiary alicyclic amines) is 1. The van der Waals surface area contributed by atoms with E-state index in [2.05, 4.69) is 11.4 Å². The van der Waals surface area contributed by atoms with Gasteiger partial charge in [-0.3, -0.25) is 4.79 Å². The van der Waals surface area contributed by atoms with Crippen molar-refractivity contribution >= 4 is 15.7 Å². The SMILES string of the molecule is CS(=O)(=O)c1ccc(O)c([C@@H]2CN[C@H](C(=O)N3CCC[C@H]3C#N)C2)c1. The lowest BCUT2D eigenvalue weighted by molar-refractivity contribution is -0.133. The lowest BCUT2D eigenvalue weighted by Gasteiger charge is -2.23. The van der Waals surface area contributed by atoms with Gasteiger partial charge in [0, 0.05) is 25.3 Å². The number of amides is 1. The Balaban J connectivity index is 1.77. The second-order valence-electron chi connectivity index (χ2n) is 6.71. The number of rotatable bonds is 3. The maximum Gasteiger partial charge on any atom is 0.240 e. The topological polar surface area (TPSA) is 110 Å². The Labute approximate surface area is 147 Å². The molecule has 1 amide bonds. The Morgan fingerprint density at radius 3 is 2.88 bits per heavy atom. The molecular formula is C17H21N3O4S. The van der Waals surface area contributed by atoms with E-state index >= 15 is 0 Å². The number of carbonyl (C=O) groups excluding carboxylic acids is 1. The van der Waals surface area contributed by atoms with E-state index in [4.69, 9.17) is 5.26 Å². The molecule has 7 nitrogen and oxygen atoms in total. The van der Waals surface area contributed by atoms with Gasteiger partial charge >= 0.3 is 0 Å². The Morgan fingerprint density at radius 2 is 2.20 bits per heavy atom. The molecular weight excluding hydrogens is 342 g/mol. The number of nitrogens with one attached hydrogen (secondary N) is 1. The molecule has 134 valence electrons. The van der Waals surface area contributed by atoms with E-state index in [-0.39, 0.29) is 28.5 Å². The Bertz CT molecular complexity index is 831. The summed E-state index contributed by atoms with van der Waals surface area (Å²) in [5.74, 6) is -0.215.